The average molecular weight is 316 g/mol. The first kappa shape index (κ1) is 16.7. The Labute approximate surface area is 134 Å². The first-order valence-electron chi connectivity index (χ1n) is 7.34. The van der Waals surface area contributed by atoms with Crippen molar-refractivity contribution in [2.24, 2.45) is 0 Å². The van der Waals surface area contributed by atoms with E-state index in [0.717, 1.165) is 11.1 Å². The van der Waals surface area contributed by atoms with Crippen LogP contribution in [0.5, 0.6) is 0 Å². The van der Waals surface area contributed by atoms with Gasteiger partial charge in [-0.3, -0.25) is 9.59 Å². The number of hydrogen-bond donors (Lipinski definition) is 1. The highest BCUT2D eigenvalue weighted by molar-refractivity contribution is 5.80. The lowest BCUT2D eigenvalue weighted by atomic mass is 10.0. The first-order chi connectivity index (χ1) is 11.0. The van der Waals surface area contributed by atoms with Crippen molar-refractivity contribution >= 4 is 11.9 Å². The molecule has 122 valence electrons. The van der Waals surface area contributed by atoms with Gasteiger partial charge in [0.2, 0.25) is 5.91 Å². The largest absolute Gasteiger partial charge is 0.469 e. The van der Waals surface area contributed by atoms with Crippen molar-refractivity contribution in [2.75, 3.05) is 7.11 Å². The Morgan fingerprint density at radius 1 is 1.26 bits per heavy atom. The molecule has 1 atom stereocenters. The maximum atomic E-state index is 12.3. The second-order valence-corrected chi connectivity index (χ2v) is 5.29. The standard InChI is InChI=1S/C17H20N2O4/c1-11-14(12(2)23-19-11)9-16(20)18-15(10-17(21)22-3)13-7-5-4-6-8-13/h4-8,15H,9-10H2,1-3H3,(H,18,20)/t15-/m0/s1. The molecule has 0 saturated heterocycles. The number of amides is 1. The summed E-state index contributed by atoms with van der Waals surface area (Å²) in [6, 6.07) is 8.90. The van der Waals surface area contributed by atoms with Crippen LogP contribution in [0.2, 0.25) is 0 Å². The Balaban J connectivity index is 2.11. The third-order valence-corrected chi connectivity index (χ3v) is 3.65. The van der Waals surface area contributed by atoms with Crippen LogP contribution in [-0.4, -0.2) is 24.1 Å². The normalized spacial score (nSPS) is 11.8. The molecule has 2 rings (SSSR count). The average Bonchev–Trinajstić information content (AvgIpc) is 2.86. The second-order valence-electron chi connectivity index (χ2n) is 5.29. The minimum absolute atomic E-state index is 0.0772. The van der Waals surface area contributed by atoms with Gasteiger partial charge >= 0.3 is 5.97 Å². The van der Waals surface area contributed by atoms with Crippen LogP contribution in [-0.2, 0) is 20.7 Å². The van der Waals surface area contributed by atoms with E-state index < -0.39 is 6.04 Å². The molecule has 1 aromatic carbocycles. The zero-order valence-electron chi connectivity index (χ0n) is 13.5. The van der Waals surface area contributed by atoms with Crippen LogP contribution in [0.3, 0.4) is 0 Å². The Morgan fingerprint density at radius 2 is 1.96 bits per heavy atom. The van der Waals surface area contributed by atoms with Gasteiger partial charge in [0.05, 0.1) is 31.7 Å². The molecule has 6 nitrogen and oxygen atoms in total. The summed E-state index contributed by atoms with van der Waals surface area (Å²) in [6.07, 6.45) is 0.236. The third-order valence-electron chi connectivity index (χ3n) is 3.65. The quantitative estimate of drug-likeness (QED) is 0.827. The highest BCUT2D eigenvalue weighted by Crippen LogP contribution is 2.18. The monoisotopic (exact) mass is 316 g/mol. The predicted molar refractivity (Wildman–Crippen MR) is 83.6 cm³/mol. The van der Waals surface area contributed by atoms with Crippen LogP contribution in [0.25, 0.3) is 0 Å². The summed E-state index contributed by atoms with van der Waals surface area (Å²) < 4.78 is 9.78. The molecule has 0 bridgehead atoms. The lowest BCUT2D eigenvalue weighted by Gasteiger charge is -2.18. The molecule has 2 aromatic rings. The van der Waals surface area contributed by atoms with E-state index in [1.165, 1.54) is 7.11 Å². The van der Waals surface area contributed by atoms with Gasteiger partial charge in [-0.05, 0) is 19.4 Å². The summed E-state index contributed by atoms with van der Waals surface area (Å²) >= 11 is 0. The first-order valence-corrected chi connectivity index (χ1v) is 7.34. The highest BCUT2D eigenvalue weighted by Gasteiger charge is 2.20. The number of nitrogens with zero attached hydrogens (tertiary/aromatic N) is 1. The van der Waals surface area contributed by atoms with Gasteiger partial charge in [0.1, 0.15) is 5.76 Å². The molecule has 0 aliphatic rings. The summed E-state index contributed by atoms with van der Waals surface area (Å²) in [7, 11) is 1.33. The maximum absolute atomic E-state index is 12.3. The molecule has 1 amide bonds. The maximum Gasteiger partial charge on any atom is 0.307 e. The van der Waals surface area contributed by atoms with Crippen LogP contribution in [0, 0.1) is 13.8 Å². The number of carbonyl (C=O) groups is 2. The Morgan fingerprint density at radius 3 is 2.52 bits per heavy atom. The topological polar surface area (TPSA) is 81.4 Å². The molecule has 1 heterocycles. The molecule has 0 fully saturated rings. The fourth-order valence-electron chi connectivity index (χ4n) is 2.35. The number of hydrogen-bond acceptors (Lipinski definition) is 5. The molecular formula is C17H20N2O4. The SMILES string of the molecule is COC(=O)C[C@H](NC(=O)Cc1c(C)noc1C)c1ccccc1. The van der Waals surface area contributed by atoms with Crippen LogP contribution in [0.15, 0.2) is 34.9 Å². The number of ether oxygens (including phenoxy) is 1. The molecule has 23 heavy (non-hydrogen) atoms. The molecule has 0 saturated carbocycles. The van der Waals surface area contributed by atoms with Crippen LogP contribution in [0.4, 0.5) is 0 Å². The van der Waals surface area contributed by atoms with Gasteiger partial charge in [0, 0.05) is 5.56 Å². The minimum Gasteiger partial charge on any atom is -0.469 e. The lowest BCUT2D eigenvalue weighted by molar-refractivity contribution is -0.141. The Bertz CT molecular complexity index is 660. The molecule has 0 spiro atoms. The van der Waals surface area contributed by atoms with Crippen molar-refractivity contribution < 1.29 is 18.8 Å². The van der Waals surface area contributed by atoms with Gasteiger partial charge in [-0.1, -0.05) is 35.5 Å². The fraction of sp³-hybridized carbons (Fsp3) is 0.353. The van der Waals surface area contributed by atoms with E-state index in [-0.39, 0.29) is 24.7 Å². The van der Waals surface area contributed by atoms with Gasteiger partial charge in [0.15, 0.2) is 0 Å². The Kier molecular flexibility index (Phi) is 5.51. The number of carbonyl (C=O) groups excluding carboxylic acids is 2. The van der Waals surface area contributed by atoms with Crippen molar-refractivity contribution in [3.05, 3.63) is 52.9 Å². The molecular weight excluding hydrogens is 296 g/mol. The van der Waals surface area contributed by atoms with Crippen molar-refractivity contribution in [2.45, 2.75) is 32.7 Å². The number of benzene rings is 1. The van der Waals surface area contributed by atoms with E-state index in [4.69, 9.17) is 9.26 Å². The number of methoxy groups -OCH3 is 1. The zero-order chi connectivity index (χ0) is 16.8. The van der Waals surface area contributed by atoms with E-state index in [9.17, 15) is 9.59 Å². The minimum atomic E-state index is -0.434. The third kappa shape index (κ3) is 4.42. The molecule has 0 aliphatic heterocycles. The molecule has 0 unspecified atom stereocenters. The van der Waals surface area contributed by atoms with Crippen LogP contribution >= 0.6 is 0 Å². The Hall–Kier alpha value is -2.63. The van der Waals surface area contributed by atoms with Gasteiger partial charge in [0.25, 0.3) is 0 Å². The molecule has 6 heteroatoms. The molecule has 1 aromatic heterocycles. The van der Waals surface area contributed by atoms with Crippen molar-refractivity contribution in [3.8, 4) is 0 Å². The van der Waals surface area contributed by atoms with Crippen molar-refractivity contribution in [3.63, 3.8) is 0 Å². The van der Waals surface area contributed by atoms with E-state index in [0.29, 0.717) is 11.5 Å². The molecule has 0 radical (unpaired) electrons. The second kappa shape index (κ2) is 7.58. The summed E-state index contributed by atoms with van der Waals surface area (Å²) in [4.78, 5) is 23.9. The van der Waals surface area contributed by atoms with Gasteiger partial charge in [-0.2, -0.15) is 0 Å². The van der Waals surface area contributed by atoms with Gasteiger partial charge < -0.3 is 14.6 Å². The van der Waals surface area contributed by atoms with Crippen molar-refractivity contribution in [1.82, 2.24) is 10.5 Å². The van der Waals surface area contributed by atoms with Gasteiger partial charge in [-0.15, -0.1) is 0 Å². The summed E-state index contributed by atoms with van der Waals surface area (Å²) in [5.41, 5.74) is 2.32. The summed E-state index contributed by atoms with van der Waals surface area (Å²) in [5.74, 6) is 0.0514. The number of aryl methyl sites for hydroxylation is 2. The van der Waals surface area contributed by atoms with E-state index in [1.807, 2.05) is 30.3 Å². The van der Waals surface area contributed by atoms with E-state index >= 15 is 0 Å². The highest BCUT2D eigenvalue weighted by atomic mass is 16.5. The van der Waals surface area contributed by atoms with Crippen LogP contribution in [0.1, 0.15) is 35.0 Å². The number of aromatic nitrogens is 1. The fourth-order valence-corrected chi connectivity index (χ4v) is 2.35. The number of rotatable bonds is 6. The van der Waals surface area contributed by atoms with Gasteiger partial charge in [-0.25, -0.2) is 0 Å². The summed E-state index contributed by atoms with van der Waals surface area (Å²) in [6.45, 7) is 3.56. The smallest absolute Gasteiger partial charge is 0.307 e. The summed E-state index contributed by atoms with van der Waals surface area (Å²) in [5, 5.41) is 6.72. The number of esters is 1. The zero-order valence-corrected chi connectivity index (χ0v) is 13.5. The predicted octanol–water partition coefficient (Wildman–Crippen LogP) is 2.25. The molecule has 1 N–H and O–H groups in total. The number of nitrogens with one attached hydrogen (secondary N) is 1. The van der Waals surface area contributed by atoms with E-state index in [2.05, 4.69) is 10.5 Å². The van der Waals surface area contributed by atoms with Crippen molar-refractivity contribution in [1.29, 1.82) is 0 Å². The van der Waals surface area contributed by atoms with E-state index in [1.54, 1.807) is 13.8 Å². The molecule has 0 aliphatic carbocycles. The lowest BCUT2D eigenvalue weighted by Crippen LogP contribution is -2.31. The van der Waals surface area contributed by atoms with Crippen LogP contribution < -0.4 is 5.32 Å².